The second kappa shape index (κ2) is 4.48. The summed E-state index contributed by atoms with van der Waals surface area (Å²) in [4.78, 5) is 2.67. The van der Waals surface area contributed by atoms with Gasteiger partial charge >= 0.3 is 0 Å². The molecule has 1 aliphatic carbocycles. The molecular formula is C15H21N. The van der Waals surface area contributed by atoms with Crippen LogP contribution in [0.15, 0.2) is 30.3 Å². The van der Waals surface area contributed by atoms with Crippen molar-refractivity contribution in [1.29, 1.82) is 0 Å². The zero-order valence-electron chi connectivity index (χ0n) is 9.94. The highest BCUT2D eigenvalue weighted by Gasteiger charge is 2.32. The van der Waals surface area contributed by atoms with Crippen molar-refractivity contribution >= 4 is 5.69 Å². The molecule has 1 aliphatic heterocycles. The van der Waals surface area contributed by atoms with Gasteiger partial charge in [-0.2, -0.15) is 0 Å². The van der Waals surface area contributed by atoms with Crippen molar-refractivity contribution in [2.45, 2.75) is 44.6 Å². The summed E-state index contributed by atoms with van der Waals surface area (Å²) in [5, 5.41) is 0. The fourth-order valence-corrected chi connectivity index (χ4v) is 3.56. The van der Waals surface area contributed by atoms with E-state index in [1.165, 1.54) is 50.8 Å². The molecule has 3 rings (SSSR count). The number of para-hydroxylation sites is 1. The highest BCUT2D eigenvalue weighted by Crippen LogP contribution is 2.37. The van der Waals surface area contributed by atoms with Crippen LogP contribution in [0.3, 0.4) is 0 Å². The summed E-state index contributed by atoms with van der Waals surface area (Å²) in [5.41, 5.74) is 1.44. The van der Waals surface area contributed by atoms with Gasteiger partial charge in [-0.15, -0.1) is 0 Å². The second-order valence-electron chi connectivity index (χ2n) is 5.28. The van der Waals surface area contributed by atoms with Gasteiger partial charge in [0.15, 0.2) is 0 Å². The molecule has 2 aliphatic rings. The Morgan fingerprint density at radius 2 is 1.62 bits per heavy atom. The number of benzene rings is 1. The summed E-state index contributed by atoms with van der Waals surface area (Å²) in [6.07, 6.45) is 8.63. The van der Waals surface area contributed by atoms with Gasteiger partial charge in [0.25, 0.3) is 0 Å². The van der Waals surface area contributed by atoms with Crippen molar-refractivity contribution in [1.82, 2.24) is 0 Å². The molecule has 0 amide bonds. The van der Waals surface area contributed by atoms with E-state index in [2.05, 4.69) is 35.2 Å². The van der Waals surface area contributed by atoms with E-state index in [9.17, 15) is 0 Å². The van der Waals surface area contributed by atoms with E-state index >= 15 is 0 Å². The molecule has 1 saturated heterocycles. The van der Waals surface area contributed by atoms with Crippen molar-refractivity contribution < 1.29 is 0 Å². The predicted octanol–water partition coefficient (Wildman–Crippen LogP) is 3.85. The van der Waals surface area contributed by atoms with Gasteiger partial charge in [-0.3, -0.25) is 0 Å². The van der Waals surface area contributed by atoms with E-state index in [0.717, 1.165) is 12.0 Å². The molecule has 0 N–H and O–H groups in total. The smallest absolute Gasteiger partial charge is 0.0368 e. The molecule has 0 unspecified atom stereocenters. The maximum atomic E-state index is 2.67. The minimum atomic E-state index is 0.838. The third-order valence-corrected chi connectivity index (χ3v) is 4.33. The minimum absolute atomic E-state index is 0.838. The van der Waals surface area contributed by atoms with E-state index < -0.39 is 0 Å². The lowest BCUT2D eigenvalue weighted by atomic mass is 9.78. The van der Waals surface area contributed by atoms with Gasteiger partial charge in [-0.25, -0.2) is 0 Å². The zero-order valence-corrected chi connectivity index (χ0v) is 9.94. The maximum absolute atomic E-state index is 2.67. The van der Waals surface area contributed by atoms with Crippen LogP contribution in [0.25, 0.3) is 0 Å². The first kappa shape index (κ1) is 10.2. The van der Waals surface area contributed by atoms with E-state index in [4.69, 9.17) is 0 Å². The van der Waals surface area contributed by atoms with Crippen LogP contribution in [0.4, 0.5) is 5.69 Å². The third-order valence-electron chi connectivity index (χ3n) is 4.33. The Bertz CT molecular complexity index is 331. The number of hydrogen-bond donors (Lipinski definition) is 0. The van der Waals surface area contributed by atoms with Gasteiger partial charge in [0.05, 0.1) is 0 Å². The average molecular weight is 215 g/mol. The van der Waals surface area contributed by atoms with E-state index in [1.807, 2.05) is 0 Å². The van der Waals surface area contributed by atoms with E-state index in [-0.39, 0.29) is 0 Å². The first-order valence-electron chi connectivity index (χ1n) is 6.77. The maximum Gasteiger partial charge on any atom is 0.0368 e. The molecule has 1 heteroatoms. The Hall–Kier alpha value is -0.980. The van der Waals surface area contributed by atoms with Crippen molar-refractivity contribution in [3.63, 3.8) is 0 Å². The zero-order chi connectivity index (χ0) is 10.8. The first-order valence-corrected chi connectivity index (χ1v) is 6.77. The van der Waals surface area contributed by atoms with E-state index in [0.29, 0.717) is 0 Å². The molecule has 1 saturated carbocycles. The lowest BCUT2D eigenvalue weighted by Gasteiger charge is -2.45. The number of piperidine rings is 1. The number of rotatable bonds is 1. The Balaban J connectivity index is 1.83. The molecule has 0 spiro atoms. The number of fused-ring (bicyclic) bond motifs is 1. The van der Waals surface area contributed by atoms with Crippen LogP contribution in [0.5, 0.6) is 0 Å². The van der Waals surface area contributed by atoms with Crippen molar-refractivity contribution in [3.05, 3.63) is 30.3 Å². The van der Waals surface area contributed by atoms with Crippen molar-refractivity contribution in [2.75, 3.05) is 11.4 Å². The van der Waals surface area contributed by atoms with Crippen LogP contribution in [0.1, 0.15) is 38.5 Å². The summed E-state index contributed by atoms with van der Waals surface area (Å²) in [6, 6.07) is 11.8. The highest BCUT2D eigenvalue weighted by molar-refractivity contribution is 5.47. The normalized spacial score (nSPS) is 29.9. The molecule has 1 heterocycles. The summed E-state index contributed by atoms with van der Waals surface area (Å²) in [6.45, 7) is 1.27. The van der Waals surface area contributed by atoms with Crippen LogP contribution in [-0.2, 0) is 0 Å². The molecule has 1 aromatic carbocycles. The van der Waals surface area contributed by atoms with Crippen LogP contribution >= 0.6 is 0 Å². The molecule has 86 valence electrons. The van der Waals surface area contributed by atoms with Gasteiger partial charge in [0.1, 0.15) is 0 Å². The quantitative estimate of drug-likeness (QED) is 0.688. The van der Waals surface area contributed by atoms with E-state index in [1.54, 1.807) is 0 Å². The summed E-state index contributed by atoms with van der Waals surface area (Å²) in [7, 11) is 0. The molecule has 0 aromatic heterocycles. The average Bonchev–Trinajstić information content (AvgIpc) is 2.39. The summed E-state index contributed by atoms with van der Waals surface area (Å²) in [5.74, 6) is 0.975. The standard InChI is InChI=1S/C15H21N/c1-2-9-14(10-3-1)16-12-6-8-13-7-4-5-11-15(13)16/h1-3,9-10,13,15H,4-8,11-12H2/t13-,15-/m1/s1. The lowest BCUT2D eigenvalue weighted by molar-refractivity contribution is 0.244. The molecule has 2 atom stereocenters. The number of nitrogens with zero attached hydrogens (tertiary/aromatic N) is 1. The third kappa shape index (κ3) is 1.83. The SMILES string of the molecule is c1ccc(N2CCC[C@H]3CCCC[C@H]32)cc1. The molecular weight excluding hydrogens is 194 g/mol. The predicted molar refractivity (Wildman–Crippen MR) is 68.8 cm³/mol. The van der Waals surface area contributed by atoms with Gasteiger partial charge in [-0.1, -0.05) is 31.0 Å². The minimum Gasteiger partial charge on any atom is -0.368 e. The first-order chi connectivity index (χ1) is 7.95. The molecule has 2 fully saturated rings. The Labute approximate surface area is 98.5 Å². The Kier molecular flexibility index (Phi) is 2.86. The van der Waals surface area contributed by atoms with Gasteiger partial charge < -0.3 is 4.90 Å². The Morgan fingerprint density at radius 3 is 2.50 bits per heavy atom. The fraction of sp³-hybridized carbons (Fsp3) is 0.600. The lowest BCUT2D eigenvalue weighted by Crippen LogP contribution is -2.46. The van der Waals surface area contributed by atoms with Gasteiger partial charge in [0.2, 0.25) is 0 Å². The highest BCUT2D eigenvalue weighted by atomic mass is 15.2. The second-order valence-corrected chi connectivity index (χ2v) is 5.28. The molecule has 16 heavy (non-hydrogen) atoms. The largest absolute Gasteiger partial charge is 0.368 e. The van der Waals surface area contributed by atoms with Crippen LogP contribution < -0.4 is 4.90 Å². The topological polar surface area (TPSA) is 3.24 Å². The van der Waals surface area contributed by atoms with Crippen LogP contribution in [-0.4, -0.2) is 12.6 Å². The van der Waals surface area contributed by atoms with Crippen molar-refractivity contribution in [2.24, 2.45) is 5.92 Å². The monoisotopic (exact) mass is 215 g/mol. The molecule has 0 bridgehead atoms. The number of hydrogen-bond acceptors (Lipinski definition) is 1. The molecule has 1 nitrogen and oxygen atoms in total. The van der Waals surface area contributed by atoms with Crippen LogP contribution in [0.2, 0.25) is 0 Å². The van der Waals surface area contributed by atoms with Crippen LogP contribution in [0, 0.1) is 5.92 Å². The summed E-state index contributed by atoms with van der Waals surface area (Å²) >= 11 is 0. The van der Waals surface area contributed by atoms with Crippen molar-refractivity contribution in [3.8, 4) is 0 Å². The van der Waals surface area contributed by atoms with Gasteiger partial charge in [-0.05, 0) is 43.7 Å². The molecule has 0 radical (unpaired) electrons. The summed E-state index contributed by atoms with van der Waals surface area (Å²) < 4.78 is 0. The molecule has 1 aromatic rings. The fourth-order valence-electron chi connectivity index (χ4n) is 3.56. The Morgan fingerprint density at radius 1 is 0.875 bits per heavy atom. The number of anilines is 1. The van der Waals surface area contributed by atoms with Gasteiger partial charge in [0, 0.05) is 18.3 Å².